The van der Waals surface area contributed by atoms with Crippen LogP contribution < -0.4 is 5.32 Å². The Labute approximate surface area is 154 Å². The highest BCUT2D eigenvalue weighted by atomic mass is 32.1. The molecular formula is C17H21N5O3S. The van der Waals surface area contributed by atoms with Crippen LogP contribution in [0.1, 0.15) is 24.8 Å². The number of rotatable bonds is 6. The van der Waals surface area contributed by atoms with E-state index in [9.17, 15) is 14.9 Å². The van der Waals surface area contributed by atoms with Crippen molar-refractivity contribution in [2.24, 2.45) is 5.41 Å². The highest BCUT2D eigenvalue weighted by Crippen LogP contribution is 2.56. The number of piperidine rings is 1. The van der Waals surface area contributed by atoms with Crippen molar-refractivity contribution in [1.82, 2.24) is 20.0 Å². The molecule has 4 rings (SSSR count). The number of hydrogen-bond acceptors (Lipinski definition) is 6. The molecule has 2 fully saturated rings. The van der Waals surface area contributed by atoms with E-state index in [1.165, 1.54) is 16.9 Å². The lowest BCUT2D eigenvalue weighted by Gasteiger charge is -2.29. The topological polar surface area (TPSA) is 93.3 Å². The van der Waals surface area contributed by atoms with Crippen LogP contribution in [-0.4, -0.2) is 44.6 Å². The van der Waals surface area contributed by atoms with Gasteiger partial charge in [-0.15, -0.1) is 0 Å². The normalized spacial score (nSPS) is 20.8. The molecule has 3 heterocycles. The Morgan fingerprint density at radius 3 is 2.92 bits per heavy atom. The molecule has 2 aliphatic rings. The van der Waals surface area contributed by atoms with Gasteiger partial charge >= 0.3 is 5.82 Å². The van der Waals surface area contributed by atoms with Crippen LogP contribution in [0.15, 0.2) is 29.1 Å². The zero-order valence-electron chi connectivity index (χ0n) is 14.3. The maximum Gasteiger partial charge on any atom is 0.389 e. The van der Waals surface area contributed by atoms with Gasteiger partial charge in [0.25, 0.3) is 0 Å². The average molecular weight is 375 g/mol. The number of thiophene rings is 1. The van der Waals surface area contributed by atoms with Crippen LogP contribution in [0.4, 0.5) is 5.82 Å². The van der Waals surface area contributed by atoms with Gasteiger partial charge in [0.05, 0.1) is 17.4 Å². The van der Waals surface area contributed by atoms with Crippen molar-refractivity contribution in [3.05, 3.63) is 44.8 Å². The number of aromatic nitrogens is 2. The Bertz CT molecular complexity index is 797. The minimum absolute atomic E-state index is 0.0306. The summed E-state index contributed by atoms with van der Waals surface area (Å²) in [5.41, 5.74) is 1.37. The van der Waals surface area contributed by atoms with Gasteiger partial charge < -0.3 is 20.3 Å². The van der Waals surface area contributed by atoms with Crippen molar-refractivity contribution < 1.29 is 9.72 Å². The summed E-state index contributed by atoms with van der Waals surface area (Å²) in [6.07, 6.45) is 4.73. The van der Waals surface area contributed by atoms with Gasteiger partial charge in [-0.05, 0) is 65.1 Å². The second-order valence-corrected chi connectivity index (χ2v) is 7.89. The molecule has 1 aliphatic carbocycles. The molecule has 138 valence electrons. The van der Waals surface area contributed by atoms with Gasteiger partial charge in [-0.25, -0.2) is 0 Å². The smallest absolute Gasteiger partial charge is 0.358 e. The Kier molecular flexibility index (Phi) is 4.49. The molecule has 1 atom stereocenters. The van der Waals surface area contributed by atoms with E-state index in [0.717, 1.165) is 37.9 Å². The molecule has 26 heavy (non-hydrogen) atoms. The number of hydrogen-bond donors (Lipinski definition) is 1. The molecule has 8 nitrogen and oxygen atoms in total. The number of nitrogens with zero attached hydrogens (tertiary/aromatic N) is 4. The number of amides is 1. The first-order valence-corrected chi connectivity index (χ1v) is 9.71. The van der Waals surface area contributed by atoms with Crippen LogP contribution in [0.5, 0.6) is 0 Å². The first kappa shape index (κ1) is 17.2. The van der Waals surface area contributed by atoms with Crippen molar-refractivity contribution in [3.8, 4) is 0 Å². The summed E-state index contributed by atoms with van der Waals surface area (Å²) in [5.74, 6) is -0.266. The van der Waals surface area contributed by atoms with Crippen molar-refractivity contribution in [2.75, 3.05) is 13.1 Å². The fourth-order valence-corrected chi connectivity index (χ4v) is 4.61. The fraction of sp³-hybridized carbons (Fsp3) is 0.529. The number of carbonyl (C=O) groups excluding carboxylic acids is 1. The average Bonchev–Trinajstić information content (AvgIpc) is 3.03. The first-order chi connectivity index (χ1) is 12.6. The third-order valence-electron chi connectivity index (χ3n) is 5.49. The van der Waals surface area contributed by atoms with Gasteiger partial charge in [-0.1, -0.05) is 0 Å². The predicted molar refractivity (Wildman–Crippen MR) is 96.7 cm³/mol. The third kappa shape index (κ3) is 3.36. The third-order valence-corrected chi connectivity index (χ3v) is 6.22. The predicted octanol–water partition coefficient (Wildman–Crippen LogP) is 2.02. The van der Waals surface area contributed by atoms with Crippen LogP contribution in [0.25, 0.3) is 0 Å². The van der Waals surface area contributed by atoms with Gasteiger partial charge in [-0.3, -0.25) is 4.79 Å². The van der Waals surface area contributed by atoms with E-state index >= 15 is 0 Å². The molecule has 1 spiro atoms. The fourth-order valence-electron chi connectivity index (χ4n) is 3.95. The molecule has 0 aromatic carbocycles. The quantitative estimate of drug-likeness (QED) is 0.616. The van der Waals surface area contributed by atoms with Gasteiger partial charge in [0, 0.05) is 12.6 Å². The molecule has 1 saturated heterocycles. The van der Waals surface area contributed by atoms with Crippen LogP contribution in [-0.2, 0) is 17.9 Å². The highest BCUT2D eigenvalue weighted by molar-refractivity contribution is 7.07. The van der Waals surface area contributed by atoms with Crippen molar-refractivity contribution in [2.45, 2.75) is 38.4 Å². The lowest BCUT2D eigenvalue weighted by molar-refractivity contribution is -0.389. The molecule has 1 aliphatic heterocycles. The molecule has 0 radical (unpaired) electrons. The minimum Gasteiger partial charge on any atom is -0.358 e. The van der Waals surface area contributed by atoms with E-state index in [1.54, 1.807) is 11.3 Å². The largest absolute Gasteiger partial charge is 0.389 e. The number of carbonyl (C=O) groups is 1. The molecule has 1 amide bonds. The summed E-state index contributed by atoms with van der Waals surface area (Å²) in [6.45, 7) is 2.62. The van der Waals surface area contributed by atoms with Crippen molar-refractivity contribution in [1.29, 1.82) is 0 Å². The van der Waals surface area contributed by atoms with E-state index in [2.05, 4.69) is 15.8 Å². The summed E-state index contributed by atoms with van der Waals surface area (Å²) in [4.78, 5) is 25.2. The molecule has 2 aromatic heterocycles. The summed E-state index contributed by atoms with van der Waals surface area (Å²) in [7, 11) is 0. The number of nitro groups is 1. The van der Waals surface area contributed by atoms with Gasteiger partial charge in [0.1, 0.15) is 6.54 Å². The van der Waals surface area contributed by atoms with Crippen molar-refractivity contribution in [3.63, 3.8) is 0 Å². The molecule has 1 unspecified atom stereocenters. The van der Waals surface area contributed by atoms with E-state index in [-0.39, 0.29) is 29.7 Å². The second-order valence-electron chi connectivity index (χ2n) is 7.11. The maximum atomic E-state index is 13.0. The zero-order chi connectivity index (χ0) is 18.1. The Morgan fingerprint density at radius 2 is 2.27 bits per heavy atom. The summed E-state index contributed by atoms with van der Waals surface area (Å²) in [5, 5.41) is 22.1. The lowest BCUT2D eigenvalue weighted by Crippen LogP contribution is -2.40. The molecule has 1 N–H and O–H groups in total. The summed E-state index contributed by atoms with van der Waals surface area (Å²) < 4.78 is 1.36. The lowest BCUT2D eigenvalue weighted by atomic mass is 9.93. The number of nitrogens with one attached hydrogen (secondary N) is 1. The van der Waals surface area contributed by atoms with Crippen LogP contribution in [0.3, 0.4) is 0 Å². The Hall–Kier alpha value is -2.26. The van der Waals surface area contributed by atoms with E-state index < -0.39 is 4.92 Å². The van der Waals surface area contributed by atoms with Crippen LogP contribution in [0.2, 0.25) is 0 Å². The monoisotopic (exact) mass is 375 g/mol. The zero-order valence-corrected chi connectivity index (χ0v) is 15.2. The van der Waals surface area contributed by atoms with Gasteiger partial charge in [0.15, 0.2) is 0 Å². The van der Waals surface area contributed by atoms with Gasteiger partial charge in [-0.2, -0.15) is 16.0 Å². The second kappa shape index (κ2) is 6.81. The van der Waals surface area contributed by atoms with Crippen molar-refractivity contribution >= 4 is 23.1 Å². The minimum atomic E-state index is -0.547. The SMILES string of the molecule is O=C(Cn1ccc([N+](=O)[O-])n1)N(Cc1ccsc1)C1CC12CCNCC2. The standard InChI is InChI=1S/C17H21N5O3S/c23-16(11-20-7-1-15(19-20)22(24)25)21(10-13-2-8-26-12-13)14-9-17(14)3-5-18-6-4-17/h1-2,7-8,12,14,18H,3-6,9-11H2. The van der Waals surface area contributed by atoms with E-state index in [0.29, 0.717) is 6.54 Å². The van der Waals surface area contributed by atoms with Crippen LogP contribution >= 0.6 is 11.3 Å². The highest BCUT2D eigenvalue weighted by Gasteiger charge is 2.57. The van der Waals surface area contributed by atoms with Crippen LogP contribution in [0, 0.1) is 15.5 Å². The molecular weight excluding hydrogens is 354 g/mol. The molecule has 0 bridgehead atoms. The first-order valence-electron chi connectivity index (χ1n) is 8.76. The molecule has 9 heteroatoms. The molecule has 1 saturated carbocycles. The van der Waals surface area contributed by atoms with E-state index in [4.69, 9.17) is 0 Å². The Morgan fingerprint density at radius 1 is 1.46 bits per heavy atom. The van der Waals surface area contributed by atoms with E-state index in [1.807, 2.05) is 16.3 Å². The maximum absolute atomic E-state index is 13.0. The molecule has 2 aromatic rings. The summed E-state index contributed by atoms with van der Waals surface area (Å²) in [6, 6.07) is 3.62. The Balaban J connectivity index is 1.50. The van der Waals surface area contributed by atoms with Gasteiger partial charge in [0.2, 0.25) is 5.91 Å². The summed E-state index contributed by atoms with van der Waals surface area (Å²) >= 11 is 1.62.